The summed E-state index contributed by atoms with van der Waals surface area (Å²) >= 11 is 1.85. The van der Waals surface area contributed by atoms with Gasteiger partial charge in [-0.05, 0) is 74.0 Å². The van der Waals surface area contributed by atoms with Gasteiger partial charge in [0, 0.05) is 6.04 Å². The number of nitrogens with one attached hydrogen (secondary N) is 1. The molecule has 1 N–H and O–H groups in total. The molecule has 5 atom stereocenters. The van der Waals surface area contributed by atoms with Crippen LogP contribution in [0.2, 0.25) is 0 Å². The van der Waals surface area contributed by atoms with Crippen LogP contribution in [0.25, 0.3) is 0 Å². The molecule has 0 spiro atoms. The van der Waals surface area contributed by atoms with Gasteiger partial charge in [-0.2, -0.15) is 0 Å². The Morgan fingerprint density at radius 1 is 1.16 bits per heavy atom. The summed E-state index contributed by atoms with van der Waals surface area (Å²) in [5.41, 5.74) is 7.86. The second kappa shape index (κ2) is 11.1. The molecule has 2 nitrogen and oxygen atoms in total. The van der Waals surface area contributed by atoms with E-state index in [1.54, 1.807) is 5.57 Å². The number of amides is 1. The second-order valence-corrected chi connectivity index (χ2v) is 14.8. The van der Waals surface area contributed by atoms with Crippen LogP contribution >= 0.6 is 34.0 Å². The van der Waals surface area contributed by atoms with Crippen molar-refractivity contribution in [3.8, 4) is 0 Å². The van der Waals surface area contributed by atoms with E-state index >= 15 is 0 Å². The Bertz CT molecular complexity index is 720. The quantitative estimate of drug-likeness (QED) is 0.202. The number of rotatable bonds is 3. The van der Waals surface area contributed by atoms with E-state index in [1.165, 1.54) is 70.6 Å². The summed E-state index contributed by atoms with van der Waals surface area (Å²) < 4.78 is 0. The second-order valence-electron chi connectivity index (χ2n) is 11.2. The van der Waals surface area contributed by atoms with Gasteiger partial charge in [-0.25, -0.2) is 0 Å². The molecule has 0 aromatic carbocycles. The van der Waals surface area contributed by atoms with Crippen LogP contribution in [0.5, 0.6) is 0 Å². The molecule has 6 heteroatoms. The van der Waals surface area contributed by atoms with Crippen molar-refractivity contribution in [1.29, 1.82) is 0 Å². The van der Waals surface area contributed by atoms with E-state index in [-0.39, 0.29) is 16.2 Å². The van der Waals surface area contributed by atoms with E-state index in [0.717, 1.165) is 6.42 Å². The average molecular weight is 662 g/mol. The minimum atomic E-state index is -0.543. The van der Waals surface area contributed by atoms with Gasteiger partial charge >= 0.3 is 45.4 Å². The van der Waals surface area contributed by atoms with Gasteiger partial charge in [-0.3, -0.25) is 4.79 Å². The van der Waals surface area contributed by atoms with Crippen molar-refractivity contribution in [2.45, 2.75) is 104 Å². The molecule has 3 fully saturated rings. The fourth-order valence-electron chi connectivity index (χ4n) is 7.63. The summed E-state index contributed by atoms with van der Waals surface area (Å²) in [5, 5.41) is 3.50. The van der Waals surface area contributed by atoms with Crippen LogP contribution in [-0.4, -0.2) is 23.4 Å². The SMILES string of the molecule is C=C[C@@]1(C)CCC=C2C1CCC1C(C)(C(=O)NC3CCCCC3)CCCC21C.[B]I([BH3-])I. The van der Waals surface area contributed by atoms with Crippen molar-refractivity contribution in [3.63, 3.8) is 0 Å². The Labute approximate surface area is 216 Å². The molecule has 0 aromatic rings. The summed E-state index contributed by atoms with van der Waals surface area (Å²) in [4.78, 5) is 13.6. The molecule has 0 aromatic heterocycles. The number of hydrogen-bond donors (Lipinski definition) is 1. The molecule has 3 saturated carbocycles. The van der Waals surface area contributed by atoms with Crippen LogP contribution in [0.1, 0.15) is 97.8 Å². The van der Waals surface area contributed by atoms with Crippen LogP contribution in [-0.2, 0) is 4.79 Å². The Kier molecular flexibility index (Phi) is 9.39. The summed E-state index contributed by atoms with van der Waals surface area (Å²) in [6, 6.07) is 0.417. The Morgan fingerprint density at radius 3 is 2.44 bits per heavy atom. The predicted octanol–water partition coefficient (Wildman–Crippen LogP) is 6.78. The number of fused-ring (bicyclic) bond motifs is 3. The zero-order chi connectivity index (χ0) is 23.6. The molecule has 2 radical (unpaired) electrons. The molecule has 0 aliphatic heterocycles. The van der Waals surface area contributed by atoms with E-state index in [4.69, 9.17) is 5.70 Å². The summed E-state index contributed by atoms with van der Waals surface area (Å²) in [6.07, 6.45) is 19.3. The first-order valence-corrected chi connectivity index (χ1v) is 19.9. The molecule has 180 valence electrons. The maximum atomic E-state index is 13.6. The Morgan fingerprint density at radius 2 is 1.81 bits per heavy atom. The van der Waals surface area contributed by atoms with Crippen molar-refractivity contribution in [2.75, 3.05) is 0 Å². The van der Waals surface area contributed by atoms with Gasteiger partial charge < -0.3 is 5.32 Å². The number of carbonyl (C=O) groups excluding carboxylic acids is 1. The molecule has 0 saturated heterocycles. The third kappa shape index (κ3) is 5.51. The average Bonchev–Trinajstić information content (AvgIpc) is 2.74. The van der Waals surface area contributed by atoms with Gasteiger partial charge in [-0.15, -0.1) is 6.58 Å². The predicted molar refractivity (Wildman–Crippen MR) is 161 cm³/mol. The topological polar surface area (TPSA) is 29.1 Å². The third-order valence-electron chi connectivity index (χ3n) is 9.48. The minimum absolute atomic E-state index is 0.185. The number of halogens is 2. The number of hydrogen-bond acceptors (Lipinski definition) is 1. The summed E-state index contributed by atoms with van der Waals surface area (Å²) in [6.45, 7) is 11.4. The first-order valence-electron chi connectivity index (χ1n) is 12.3. The van der Waals surface area contributed by atoms with Crippen molar-refractivity contribution in [2.24, 2.45) is 28.1 Å². The molecule has 1 amide bonds. The Balaban J connectivity index is 0.000000668. The molecule has 4 aliphatic carbocycles. The Hall–Kier alpha value is 0.540. The zero-order valence-corrected chi connectivity index (χ0v) is 24.1. The van der Waals surface area contributed by atoms with E-state index in [9.17, 15) is 4.79 Å². The van der Waals surface area contributed by atoms with Gasteiger partial charge in [0.1, 0.15) is 0 Å². The molecule has 4 aliphatic rings. The molecule has 0 bridgehead atoms. The summed E-state index contributed by atoms with van der Waals surface area (Å²) in [7, 11) is 0. The molecular weight excluding hydrogens is 618 g/mol. The van der Waals surface area contributed by atoms with Crippen molar-refractivity contribution in [3.05, 3.63) is 24.3 Å². The van der Waals surface area contributed by atoms with Crippen LogP contribution in [0.15, 0.2) is 24.3 Å². The van der Waals surface area contributed by atoms with Crippen molar-refractivity contribution in [1.82, 2.24) is 5.32 Å². The fourth-order valence-corrected chi connectivity index (χ4v) is 7.63. The van der Waals surface area contributed by atoms with Gasteiger partial charge in [-0.1, -0.05) is 64.2 Å². The molecule has 0 heterocycles. The number of carbonyl (C=O) groups is 1. The zero-order valence-electron chi connectivity index (χ0n) is 19.8. The van der Waals surface area contributed by atoms with Crippen LogP contribution < -0.4 is 5.32 Å². The maximum absolute atomic E-state index is 13.6. The molecule has 4 unspecified atom stereocenters. The van der Waals surface area contributed by atoms with E-state index in [2.05, 4.69) is 63.4 Å². The first-order chi connectivity index (χ1) is 15.1. The fraction of sp³-hybridized carbons (Fsp3) is 0.808. The third-order valence-corrected chi connectivity index (χ3v) is 9.48. The van der Waals surface area contributed by atoms with Crippen molar-refractivity contribution >= 4 is 51.3 Å². The number of allylic oxidation sites excluding steroid dienone is 3. The normalized spacial score (nSPS) is 39.9. The molecule has 32 heavy (non-hydrogen) atoms. The standard InChI is InChI=1S/C26H41NO.B2H3I2/c1-5-24(2)16-9-13-21-20(24)14-15-22-25(21,3)17-10-18-26(22,4)23(28)27-19-11-7-6-8-12-19;1-4(2)3/h5,13,19-20,22H,1,6-12,14-18H2,2-4H3,(H,27,28);1H3/q;-1/t20?,22?,24-,25?,26?;/m0./s1. The van der Waals surface area contributed by atoms with Gasteiger partial charge in [0.25, 0.3) is 0 Å². The van der Waals surface area contributed by atoms with Crippen LogP contribution in [0.4, 0.5) is 0 Å². The van der Waals surface area contributed by atoms with E-state index < -0.39 is 15.4 Å². The molecule has 4 rings (SSSR count). The van der Waals surface area contributed by atoms with Crippen LogP contribution in [0.3, 0.4) is 0 Å². The van der Waals surface area contributed by atoms with Gasteiger partial charge in [0.2, 0.25) is 5.91 Å². The van der Waals surface area contributed by atoms with Gasteiger partial charge in [0.15, 0.2) is 0 Å². The van der Waals surface area contributed by atoms with Crippen molar-refractivity contribution < 1.29 is 4.79 Å². The summed E-state index contributed by atoms with van der Waals surface area (Å²) in [5.74, 6) is 1.47. The van der Waals surface area contributed by atoms with Crippen LogP contribution in [0, 0.1) is 28.1 Å². The monoisotopic (exact) mass is 662 g/mol. The first kappa shape index (κ1) is 27.1. The van der Waals surface area contributed by atoms with Gasteiger partial charge in [0.05, 0.1) is 5.41 Å². The molecular formula is C26H44B2I2NO-. The van der Waals surface area contributed by atoms with E-state index in [1.807, 2.05) is 0 Å². The van der Waals surface area contributed by atoms with E-state index in [0.29, 0.717) is 29.5 Å².